The molecule has 0 bridgehead atoms. The predicted molar refractivity (Wildman–Crippen MR) is 89.7 cm³/mol. The smallest absolute Gasteiger partial charge is 0.196 e. The van der Waals surface area contributed by atoms with Crippen LogP contribution in [0.4, 0.5) is 8.78 Å². The summed E-state index contributed by atoms with van der Waals surface area (Å²) in [6, 6.07) is 11.3. The first-order valence-corrected chi connectivity index (χ1v) is 7.77. The van der Waals surface area contributed by atoms with Gasteiger partial charge < -0.3 is 4.74 Å². The molecule has 2 rings (SSSR count). The molecule has 0 fully saturated rings. The van der Waals surface area contributed by atoms with Gasteiger partial charge in [0.2, 0.25) is 0 Å². The van der Waals surface area contributed by atoms with E-state index in [1.54, 1.807) is 12.1 Å². The van der Waals surface area contributed by atoms with E-state index in [1.807, 2.05) is 26.0 Å². The summed E-state index contributed by atoms with van der Waals surface area (Å²) in [6.07, 6.45) is 1.52. The van der Waals surface area contributed by atoms with E-state index >= 15 is 0 Å². The Morgan fingerprint density at radius 2 is 1.78 bits per heavy atom. The molecule has 0 aliphatic rings. The van der Waals surface area contributed by atoms with Gasteiger partial charge in [-0.05, 0) is 17.5 Å². The summed E-state index contributed by atoms with van der Waals surface area (Å²) in [6.45, 7) is 7.71. The van der Waals surface area contributed by atoms with Crippen LogP contribution in [0.5, 0.6) is 0 Å². The molecule has 0 amide bonds. The standard InChI is InChI=1S/C19H19ClF2O/c1-4-12-23-19(20,16-10-7-11-17(21)18(16)22)15-9-6-5-8-14(15)13(2)3/h4-11,13H,1,12H2,2-3H3. The largest absolute Gasteiger partial charge is 0.347 e. The van der Waals surface area contributed by atoms with Crippen LogP contribution in [0.25, 0.3) is 0 Å². The molecule has 4 heteroatoms. The molecular formula is C19H19ClF2O. The Morgan fingerprint density at radius 3 is 2.43 bits per heavy atom. The van der Waals surface area contributed by atoms with Crippen molar-refractivity contribution in [2.45, 2.75) is 24.8 Å². The summed E-state index contributed by atoms with van der Waals surface area (Å²) < 4.78 is 33.8. The first kappa shape index (κ1) is 17.6. The molecule has 0 spiro atoms. The van der Waals surface area contributed by atoms with Crippen molar-refractivity contribution in [1.29, 1.82) is 0 Å². The van der Waals surface area contributed by atoms with Gasteiger partial charge >= 0.3 is 0 Å². The van der Waals surface area contributed by atoms with Crippen molar-refractivity contribution in [3.05, 3.63) is 83.4 Å². The molecule has 0 aromatic heterocycles. The van der Waals surface area contributed by atoms with E-state index in [1.165, 1.54) is 18.2 Å². The van der Waals surface area contributed by atoms with Crippen LogP contribution in [0, 0.1) is 11.6 Å². The molecule has 0 aliphatic heterocycles. The van der Waals surface area contributed by atoms with E-state index < -0.39 is 16.7 Å². The molecule has 0 N–H and O–H groups in total. The van der Waals surface area contributed by atoms with Crippen molar-refractivity contribution < 1.29 is 13.5 Å². The minimum atomic E-state index is -1.62. The number of halogens is 3. The molecular weight excluding hydrogens is 318 g/mol. The fourth-order valence-corrected chi connectivity index (χ4v) is 2.90. The van der Waals surface area contributed by atoms with Crippen LogP contribution >= 0.6 is 11.6 Å². The number of alkyl halides is 1. The lowest BCUT2D eigenvalue weighted by Gasteiger charge is -2.31. The zero-order valence-electron chi connectivity index (χ0n) is 13.2. The van der Waals surface area contributed by atoms with Crippen molar-refractivity contribution in [3.8, 4) is 0 Å². The number of benzene rings is 2. The molecule has 0 saturated heterocycles. The molecule has 122 valence electrons. The summed E-state index contributed by atoms with van der Waals surface area (Å²) in [5.41, 5.74) is 1.47. The van der Waals surface area contributed by atoms with Crippen molar-refractivity contribution in [3.63, 3.8) is 0 Å². The first-order valence-electron chi connectivity index (χ1n) is 7.39. The highest BCUT2D eigenvalue weighted by atomic mass is 35.5. The van der Waals surface area contributed by atoms with E-state index in [-0.39, 0.29) is 18.1 Å². The van der Waals surface area contributed by atoms with Crippen molar-refractivity contribution >= 4 is 11.6 Å². The summed E-state index contributed by atoms with van der Waals surface area (Å²) in [5, 5.41) is -1.62. The Morgan fingerprint density at radius 1 is 1.13 bits per heavy atom. The average molecular weight is 337 g/mol. The molecule has 1 unspecified atom stereocenters. The third-order valence-electron chi connectivity index (χ3n) is 3.63. The van der Waals surface area contributed by atoms with E-state index in [0.717, 1.165) is 11.6 Å². The Labute approximate surface area is 140 Å². The number of hydrogen-bond acceptors (Lipinski definition) is 1. The molecule has 1 nitrogen and oxygen atoms in total. The lowest BCUT2D eigenvalue weighted by Crippen LogP contribution is -2.28. The highest BCUT2D eigenvalue weighted by Crippen LogP contribution is 2.42. The van der Waals surface area contributed by atoms with Gasteiger partial charge in [0.15, 0.2) is 16.7 Å². The third kappa shape index (κ3) is 3.46. The quantitative estimate of drug-likeness (QED) is 0.483. The van der Waals surface area contributed by atoms with Gasteiger partial charge in [-0.2, -0.15) is 0 Å². The summed E-state index contributed by atoms with van der Waals surface area (Å²) in [7, 11) is 0. The van der Waals surface area contributed by atoms with Crippen LogP contribution in [0.1, 0.15) is 36.5 Å². The van der Waals surface area contributed by atoms with Gasteiger partial charge in [0.05, 0.1) is 6.61 Å². The van der Waals surface area contributed by atoms with Crippen LogP contribution in [-0.4, -0.2) is 6.61 Å². The highest BCUT2D eigenvalue weighted by molar-refractivity contribution is 6.25. The van der Waals surface area contributed by atoms with E-state index in [9.17, 15) is 8.78 Å². The number of hydrogen-bond donors (Lipinski definition) is 0. The summed E-state index contributed by atoms with van der Waals surface area (Å²) in [5.74, 6) is -1.82. The highest BCUT2D eigenvalue weighted by Gasteiger charge is 2.38. The van der Waals surface area contributed by atoms with Gasteiger partial charge in [0, 0.05) is 11.1 Å². The van der Waals surface area contributed by atoms with Crippen LogP contribution < -0.4 is 0 Å². The van der Waals surface area contributed by atoms with Crippen LogP contribution in [-0.2, 0) is 9.80 Å². The Hall–Kier alpha value is -1.71. The maximum atomic E-state index is 14.4. The number of rotatable bonds is 6. The van der Waals surface area contributed by atoms with Gasteiger partial charge in [0.25, 0.3) is 0 Å². The third-order valence-corrected chi connectivity index (χ3v) is 4.14. The second-order valence-corrected chi connectivity index (χ2v) is 6.07. The van der Waals surface area contributed by atoms with Crippen LogP contribution in [0.2, 0.25) is 0 Å². The van der Waals surface area contributed by atoms with Crippen molar-refractivity contribution in [2.75, 3.05) is 6.61 Å². The first-order chi connectivity index (χ1) is 10.9. The molecule has 0 radical (unpaired) electrons. The minimum Gasteiger partial charge on any atom is -0.347 e. The fourth-order valence-electron chi connectivity index (χ4n) is 2.52. The molecule has 0 aliphatic carbocycles. The summed E-state index contributed by atoms with van der Waals surface area (Å²) in [4.78, 5) is 0. The Balaban J connectivity index is 2.70. The van der Waals surface area contributed by atoms with Gasteiger partial charge in [-0.1, -0.05) is 67.9 Å². The van der Waals surface area contributed by atoms with Crippen LogP contribution in [0.3, 0.4) is 0 Å². The SMILES string of the molecule is C=CCOC(Cl)(c1ccccc1C(C)C)c1cccc(F)c1F. The van der Waals surface area contributed by atoms with Crippen molar-refractivity contribution in [1.82, 2.24) is 0 Å². The topological polar surface area (TPSA) is 9.23 Å². The second-order valence-electron chi connectivity index (χ2n) is 5.54. The van der Waals surface area contributed by atoms with Gasteiger partial charge in [0.1, 0.15) is 0 Å². The molecule has 2 aromatic rings. The van der Waals surface area contributed by atoms with Gasteiger partial charge in [-0.25, -0.2) is 8.78 Å². The summed E-state index contributed by atoms with van der Waals surface area (Å²) >= 11 is 6.72. The minimum absolute atomic E-state index is 0.0471. The van der Waals surface area contributed by atoms with Crippen LogP contribution in [0.15, 0.2) is 55.1 Å². The van der Waals surface area contributed by atoms with Gasteiger partial charge in [-0.3, -0.25) is 0 Å². The molecule has 0 heterocycles. The normalized spacial score (nSPS) is 13.8. The van der Waals surface area contributed by atoms with E-state index in [0.29, 0.717) is 5.56 Å². The number of ether oxygens (including phenoxy) is 1. The maximum absolute atomic E-state index is 14.4. The maximum Gasteiger partial charge on any atom is 0.196 e. The van der Waals surface area contributed by atoms with E-state index in [2.05, 4.69) is 6.58 Å². The molecule has 23 heavy (non-hydrogen) atoms. The lowest BCUT2D eigenvalue weighted by atomic mass is 9.90. The predicted octanol–water partition coefficient (Wildman–Crippen LogP) is 5.73. The average Bonchev–Trinajstić information content (AvgIpc) is 2.55. The fraction of sp³-hybridized carbons (Fsp3) is 0.263. The zero-order valence-corrected chi connectivity index (χ0v) is 13.9. The lowest BCUT2D eigenvalue weighted by molar-refractivity contribution is 0.0635. The molecule has 2 aromatic carbocycles. The second kappa shape index (κ2) is 7.24. The zero-order chi connectivity index (χ0) is 17.0. The Bertz CT molecular complexity index is 700. The monoisotopic (exact) mass is 336 g/mol. The Kier molecular flexibility index (Phi) is 5.55. The van der Waals surface area contributed by atoms with Gasteiger partial charge in [-0.15, -0.1) is 6.58 Å². The molecule has 0 saturated carbocycles. The van der Waals surface area contributed by atoms with Crippen molar-refractivity contribution in [2.24, 2.45) is 0 Å². The van der Waals surface area contributed by atoms with E-state index in [4.69, 9.17) is 16.3 Å². The molecule has 1 atom stereocenters.